The van der Waals surface area contributed by atoms with Crippen molar-refractivity contribution < 1.29 is 41.7 Å². The molecule has 0 radical (unpaired) electrons. The lowest BCUT2D eigenvalue weighted by molar-refractivity contribution is -0.192. The molecule has 39 heavy (non-hydrogen) atoms. The van der Waals surface area contributed by atoms with Crippen LogP contribution >= 0.6 is 0 Å². The van der Waals surface area contributed by atoms with E-state index in [9.17, 15) is 22.4 Å². The smallest absolute Gasteiger partial charge is 0.490 e. The number of aromatic nitrogens is 2. The number of ether oxygens (including phenoxy) is 2. The van der Waals surface area contributed by atoms with E-state index in [0.29, 0.717) is 55.7 Å². The van der Waals surface area contributed by atoms with Gasteiger partial charge in [0.25, 0.3) is 0 Å². The van der Waals surface area contributed by atoms with Crippen molar-refractivity contribution in [2.24, 2.45) is 4.99 Å². The largest absolute Gasteiger partial charge is 0.490 e. The number of nitrogens with one attached hydrogen (secondary N) is 2. The highest BCUT2D eigenvalue weighted by molar-refractivity contribution is 6.05. The number of aliphatic imine (C=N–C) groups is 1. The van der Waals surface area contributed by atoms with E-state index in [0.717, 1.165) is 18.5 Å². The number of alkyl halides is 3. The maximum absolute atomic E-state index is 14.6. The van der Waals surface area contributed by atoms with Crippen LogP contribution in [0.3, 0.4) is 0 Å². The molecule has 0 saturated carbocycles. The zero-order chi connectivity index (χ0) is 29.2. The van der Waals surface area contributed by atoms with Crippen molar-refractivity contribution in [1.82, 2.24) is 20.0 Å². The number of carbonyl (C=O) groups excluding carboxylic acids is 1. The Hall–Kier alpha value is -3.72. The first-order valence-corrected chi connectivity index (χ1v) is 11.9. The van der Waals surface area contributed by atoms with Crippen molar-refractivity contribution in [2.45, 2.75) is 26.4 Å². The summed E-state index contributed by atoms with van der Waals surface area (Å²) in [6, 6.07) is 2.80. The average Bonchev–Trinajstić information content (AvgIpc) is 3.33. The van der Waals surface area contributed by atoms with E-state index >= 15 is 0 Å². The van der Waals surface area contributed by atoms with Gasteiger partial charge >= 0.3 is 18.2 Å². The highest BCUT2D eigenvalue weighted by Crippen LogP contribution is 2.29. The van der Waals surface area contributed by atoms with Crippen LogP contribution in [0.25, 0.3) is 0 Å². The molecule has 11 nitrogen and oxygen atoms in total. The highest BCUT2D eigenvalue weighted by atomic mass is 19.4. The zero-order valence-electron chi connectivity index (χ0n) is 22.1. The molecule has 0 aliphatic carbocycles. The lowest BCUT2D eigenvalue weighted by atomic mass is 10.1. The number of aliphatic carboxylic acids is 1. The minimum Gasteiger partial charge on any atom is -0.490 e. The van der Waals surface area contributed by atoms with Crippen molar-refractivity contribution in [3.8, 4) is 5.75 Å². The Labute approximate surface area is 222 Å². The molecule has 1 aromatic heterocycles. The number of aryl methyl sites for hydroxylation is 1. The lowest BCUT2D eigenvalue weighted by Gasteiger charge is -2.26. The van der Waals surface area contributed by atoms with Gasteiger partial charge in [0.1, 0.15) is 5.69 Å². The molecule has 1 aliphatic rings. The van der Waals surface area contributed by atoms with Gasteiger partial charge in [-0.25, -0.2) is 14.0 Å². The molecule has 1 fully saturated rings. The second kappa shape index (κ2) is 14.4. The van der Waals surface area contributed by atoms with Crippen molar-refractivity contribution in [3.63, 3.8) is 0 Å². The number of halogens is 4. The predicted molar refractivity (Wildman–Crippen MR) is 135 cm³/mol. The molecule has 1 aromatic carbocycles. The molecule has 216 valence electrons. The summed E-state index contributed by atoms with van der Waals surface area (Å²) in [6.07, 6.45) is -2.74. The van der Waals surface area contributed by atoms with Crippen LogP contribution in [0, 0.1) is 12.7 Å². The van der Waals surface area contributed by atoms with Crippen molar-refractivity contribution in [1.29, 1.82) is 0 Å². The molecule has 1 aliphatic heterocycles. The number of nitrogens with zero attached hydrogens (tertiary/aromatic N) is 4. The third-order valence-corrected chi connectivity index (χ3v) is 5.33. The van der Waals surface area contributed by atoms with E-state index in [4.69, 9.17) is 19.4 Å². The second-order valence-corrected chi connectivity index (χ2v) is 8.76. The van der Waals surface area contributed by atoms with Crippen molar-refractivity contribution in [3.05, 3.63) is 35.4 Å². The molecule has 15 heteroatoms. The van der Waals surface area contributed by atoms with E-state index < -0.39 is 18.0 Å². The quantitative estimate of drug-likeness (QED) is 0.254. The van der Waals surface area contributed by atoms with Crippen LogP contribution in [0.5, 0.6) is 5.75 Å². The standard InChI is InChI=1S/C22H31FN6O3.C2HF3O2/c1-15-12-20(32-9-5-6-28(3)4)17(23)13-18(15)25-16(2)21-19(14-24-27-21)26-22(30)29-7-10-31-11-8-29;3-2(4,5)1(6)7/h12-14H,5-11H2,1-4H3,(H,24,27)(H,26,30);(H,6,7). The molecule has 0 bridgehead atoms. The van der Waals surface area contributed by atoms with Crippen LogP contribution in [-0.2, 0) is 9.53 Å². The maximum atomic E-state index is 14.6. The molecule has 0 spiro atoms. The van der Waals surface area contributed by atoms with Crippen LogP contribution in [0.2, 0.25) is 0 Å². The van der Waals surface area contributed by atoms with E-state index in [1.165, 1.54) is 12.3 Å². The SMILES string of the molecule is CC(=Nc1cc(F)c(OCCCN(C)C)cc1C)c1[nH]ncc1NC(=O)N1CCOCC1.O=C(O)C(F)(F)F. The maximum Gasteiger partial charge on any atom is 0.490 e. The molecule has 0 unspecified atom stereocenters. The summed E-state index contributed by atoms with van der Waals surface area (Å²) < 4.78 is 57.2. The van der Waals surface area contributed by atoms with Crippen LogP contribution in [0.15, 0.2) is 23.3 Å². The first kappa shape index (κ1) is 31.5. The summed E-state index contributed by atoms with van der Waals surface area (Å²) in [4.78, 5) is 29.7. The first-order chi connectivity index (χ1) is 18.3. The van der Waals surface area contributed by atoms with E-state index in [1.54, 1.807) is 17.9 Å². The van der Waals surface area contributed by atoms with Gasteiger partial charge in [0, 0.05) is 25.7 Å². The number of H-pyrrole nitrogens is 1. The van der Waals surface area contributed by atoms with E-state index in [2.05, 4.69) is 25.4 Å². The van der Waals surface area contributed by atoms with Crippen molar-refractivity contribution in [2.75, 3.05) is 58.9 Å². The first-order valence-electron chi connectivity index (χ1n) is 11.9. The molecule has 0 atom stereocenters. The summed E-state index contributed by atoms with van der Waals surface area (Å²) in [7, 11) is 3.97. The summed E-state index contributed by atoms with van der Waals surface area (Å²) in [5, 5.41) is 16.9. The number of aromatic amines is 1. The van der Waals surface area contributed by atoms with Crippen molar-refractivity contribution >= 4 is 29.1 Å². The van der Waals surface area contributed by atoms with Crippen LogP contribution < -0.4 is 10.1 Å². The van der Waals surface area contributed by atoms with Gasteiger partial charge in [0.05, 0.1) is 43.1 Å². The molecular weight excluding hydrogens is 528 g/mol. The number of carboxylic acid groups (broad SMARTS) is 1. The fourth-order valence-electron chi connectivity index (χ4n) is 3.29. The van der Waals surface area contributed by atoms with Crippen LogP contribution in [0.1, 0.15) is 24.6 Å². The van der Waals surface area contributed by atoms with Gasteiger partial charge in [-0.05, 0) is 46.0 Å². The molecule has 1 saturated heterocycles. The Morgan fingerprint density at radius 2 is 1.92 bits per heavy atom. The zero-order valence-corrected chi connectivity index (χ0v) is 22.1. The minimum absolute atomic E-state index is 0.220. The Morgan fingerprint density at radius 3 is 2.51 bits per heavy atom. The molecule has 2 amide bonds. The molecular formula is C24H32F4N6O5. The number of rotatable bonds is 8. The number of carboxylic acids is 1. The number of urea groups is 1. The molecule has 3 N–H and O–H groups in total. The number of carbonyl (C=O) groups is 2. The van der Waals surface area contributed by atoms with Gasteiger partial charge in [-0.3, -0.25) is 10.1 Å². The number of amides is 2. The monoisotopic (exact) mass is 560 g/mol. The van der Waals surface area contributed by atoms with Gasteiger partial charge in [0.15, 0.2) is 11.6 Å². The van der Waals surface area contributed by atoms with Crippen LogP contribution in [-0.4, -0.2) is 103 Å². The fourth-order valence-corrected chi connectivity index (χ4v) is 3.29. The van der Waals surface area contributed by atoms with Gasteiger partial charge in [-0.1, -0.05) is 0 Å². The Morgan fingerprint density at radius 1 is 1.28 bits per heavy atom. The second-order valence-electron chi connectivity index (χ2n) is 8.76. The number of benzene rings is 1. The normalized spacial score (nSPS) is 14.1. The minimum atomic E-state index is -5.08. The summed E-state index contributed by atoms with van der Waals surface area (Å²) >= 11 is 0. The number of morpholine rings is 1. The van der Waals surface area contributed by atoms with Crippen LogP contribution in [0.4, 0.5) is 33.7 Å². The number of hydrogen-bond acceptors (Lipinski definition) is 7. The number of hydrogen-bond donors (Lipinski definition) is 3. The lowest BCUT2D eigenvalue weighted by Crippen LogP contribution is -2.43. The van der Waals surface area contributed by atoms with Gasteiger partial charge in [0.2, 0.25) is 0 Å². The van der Waals surface area contributed by atoms with Gasteiger partial charge < -0.3 is 29.7 Å². The Bertz CT molecular complexity index is 1150. The van der Waals surface area contributed by atoms with Gasteiger partial charge in [-0.2, -0.15) is 18.3 Å². The predicted octanol–water partition coefficient (Wildman–Crippen LogP) is 3.83. The summed E-state index contributed by atoms with van der Waals surface area (Å²) in [5.74, 6) is -3.00. The van der Waals surface area contributed by atoms with E-state index in [-0.39, 0.29) is 11.8 Å². The molecule has 2 heterocycles. The fraction of sp³-hybridized carbons (Fsp3) is 0.500. The molecule has 3 rings (SSSR count). The topological polar surface area (TPSA) is 132 Å². The summed E-state index contributed by atoms with van der Waals surface area (Å²) in [6.45, 7) is 7.06. The average molecular weight is 561 g/mol. The van der Waals surface area contributed by atoms with E-state index in [1.807, 2.05) is 21.0 Å². The number of anilines is 1. The third kappa shape index (κ3) is 10.2. The summed E-state index contributed by atoms with van der Waals surface area (Å²) in [5.41, 5.74) is 2.92. The third-order valence-electron chi connectivity index (χ3n) is 5.33. The Balaban J connectivity index is 0.000000673. The highest BCUT2D eigenvalue weighted by Gasteiger charge is 2.38. The Kier molecular flexibility index (Phi) is 11.7. The van der Waals surface area contributed by atoms with Gasteiger partial charge in [-0.15, -0.1) is 0 Å². The molecule has 2 aromatic rings.